The Balaban J connectivity index is 0.000000809. The first-order chi connectivity index (χ1) is 16.8. The van der Waals surface area contributed by atoms with E-state index in [1.807, 2.05) is 6.07 Å². The summed E-state index contributed by atoms with van der Waals surface area (Å²) in [5.74, 6) is -4.81. The van der Waals surface area contributed by atoms with Gasteiger partial charge >= 0.3 is 24.1 Å². The van der Waals surface area contributed by atoms with Gasteiger partial charge in [0.25, 0.3) is 0 Å². The van der Waals surface area contributed by atoms with E-state index in [-0.39, 0.29) is 31.1 Å². The highest BCUT2D eigenvalue weighted by molar-refractivity contribution is 5.96. The van der Waals surface area contributed by atoms with Crippen molar-refractivity contribution in [2.24, 2.45) is 0 Å². The molecule has 1 heterocycles. The quantitative estimate of drug-likeness (QED) is 0.313. The Morgan fingerprint density at radius 3 is 2.22 bits per heavy atom. The molecule has 1 amide bonds. The van der Waals surface area contributed by atoms with Crippen LogP contribution in [-0.4, -0.2) is 82.2 Å². The van der Waals surface area contributed by atoms with E-state index in [0.29, 0.717) is 24.9 Å². The summed E-state index contributed by atoms with van der Waals surface area (Å²) >= 11 is 0. The standard InChI is InChI=1S/C21H28N2O6.C2HF3O2/c1-3-29-21(28)16(11-12-18(24)15-8-5-4-6-9-15)22-14(2)19(25)23-13-7-10-17(23)20(26)27;3-2(4,5)1(6)7/h4-6,8-9,14,16-17,22H,3,7,10-13H2,1-2H3,(H,26,27);(H,6,7)/t14-,16?,17-;/m0./s1. The lowest BCUT2D eigenvalue weighted by atomic mass is 10.0. The minimum Gasteiger partial charge on any atom is -0.480 e. The average molecular weight is 518 g/mol. The maximum atomic E-state index is 12.7. The molecule has 3 N–H and O–H groups in total. The summed E-state index contributed by atoms with van der Waals surface area (Å²) in [6, 6.07) is 6.31. The lowest BCUT2D eigenvalue weighted by Gasteiger charge is -2.27. The normalized spacial score (nSPS) is 16.8. The molecule has 0 aliphatic carbocycles. The molecule has 0 bridgehead atoms. The molecule has 1 fully saturated rings. The number of hydrogen-bond acceptors (Lipinski definition) is 7. The summed E-state index contributed by atoms with van der Waals surface area (Å²) < 4.78 is 36.8. The number of ketones is 1. The van der Waals surface area contributed by atoms with Crippen LogP contribution in [0.2, 0.25) is 0 Å². The molecule has 1 aliphatic rings. The third-order valence-electron chi connectivity index (χ3n) is 5.21. The number of alkyl halides is 3. The van der Waals surface area contributed by atoms with Gasteiger partial charge in [0.05, 0.1) is 12.6 Å². The highest BCUT2D eigenvalue weighted by atomic mass is 19.4. The van der Waals surface area contributed by atoms with Crippen molar-refractivity contribution in [3.63, 3.8) is 0 Å². The summed E-state index contributed by atoms with van der Waals surface area (Å²) in [6.07, 6.45) is -3.75. The smallest absolute Gasteiger partial charge is 0.480 e. The van der Waals surface area contributed by atoms with Crippen LogP contribution in [0, 0.1) is 0 Å². The number of likely N-dealkylation sites (tertiary alicyclic amines) is 1. The Labute approximate surface area is 205 Å². The molecule has 1 aromatic carbocycles. The van der Waals surface area contributed by atoms with E-state index in [0.717, 1.165) is 0 Å². The van der Waals surface area contributed by atoms with E-state index >= 15 is 0 Å². The second-order valence-electron chi connectivity index (χ2n) is 7.85. The van der Waals surface area contributed by atoms with Gasteiger partial charge in [0.15, 0.2) is 5.78 Å². The number of ether oxygens (including phenoxy) is 1. The van der Waals surface area contributed by atoms with Crippen LogP contribution >= 0.6 is 0 Å². The first-order valence-corrected chi connectivity index (χ1v) is 11.1. The van der Waals surface area contributed by atoms with Gasteiger partial charge in [0.2, 0.25) is 5.91 Å². The van der Waals surface area contributed by atoms with Gasteiger partial charge < -0.3 is 19.8 Å². The Morgan fingerprint density at radius 2 is 1.72 bits per heavy atom. The molecule has 1 aliphatic heterocycles. The molecule has 0 aromatic heterocycles. The third-order valence-corrected chi connectivity index (χ3v) is 5.21. The summed E-state index contributed by atoms with van der Waals surface area (Å²) in [4.78, 5) is 59.0. The minimum atomic E-state index is -5.08. The first-order valence-electron chi connectivity index (χ1n) is 11.1. The number of amides is 1. The number of halogens is 3. The monoisotopic (exact) mass is 518 g/mol. The molecule has 10 nitrogen and oxygen atoms in total. The number of carbonyl (C=O) groups excluding carboxylic acids is 3. The summed E-state index contributed by atoms with van der Waals surface area (Å²) in [7, 11) is 0. The first kappa shape index (κ1) is 30.6. The number of nitrogens with zero attached hydrogens (tertiary/aromatic N) is 1. The van der Waals surface area contributed by atoms with E-state index in [9.17, 15) is 37.5 Å². The highest BCUT2D eigenvalue weighted by Gasteiger charge is 2.38. The number of carboxylic acid groups (broad SMARTS) is 2. The van der Waals surface area contributed by atoms with Crippen molar-refractivity contribution in [2.45, 2.75) is 63.8 Å². The molecule has 36 heavy (non-hydrogen) atoms. The zero-order valence-electron chi connectivity index (χ0n) is 19.8. The fourth-order valence-corrected chi connectivity index (χ4v) is 3.46. The van der Waals surface area contributed by atoms with Crippen molar-refractivity contribution in [2.75, 3.05) is 13.2 Å². The summed E-state index contributed by atoms with van der Waals surface area (Å²) in [5.41, 5.74) is 0.556. The van der Waals surface area contributed by atoms with Gasteiger partial charge in [-0.3, -0.25) is 19.7 Å². The molecule has 0 saturated carbocycles. The SMILES string of the molecule is CCOC(=O)C(CCC(=O)c1ccccc1)N[C@@H](C)C(=O)N1CCC[C@H]1C(=O)O.O=C(O)C(F)(F)F. The fraction of sp³-hybridized carbons (Fsp3) is 0.522. The van der Waals surface area contributed by atoms with Crippen molar-refractivity contribution in [1.82, 2.24) is 10.2 Å². The van der Waals surface area contributed by atoms with Crippen LogP contribution in [0.4, 0.5) is 13.2 Å². The van der Waals surface area contributed by atoms with Crippen LogP contribution in [-0.2, 0) is 23.9 Å². The van der Waals surface area contributed by atoms with Crippen LogP contribution in [0.15, 0.2) is 30.3 Å². The zero-order valence-corrected chi connectivity index (χ0v) is 19.8. The zero-order chi connectivity index (χ0) is 27.5. The van der Waals surface area contributed by atoms with Gasteiger partial charge in [-0.1, -0.05) is 30.3 Å². The summed E-state index contributed by atoms with van der Waals surface area (Å²) in [6.45, 7) is 3.82. The maximum absolute atomic E-state index is 12.7. The number of aliphatic carboxylic acids is 2. The highest BCUT2D eigenvalue weighted by Crippen LogP contribution is 2.19. The topological polar surface area (TPSA) is 150 Å². The number of carboxylic acids is 2. The molecule has 3 atom stereocenters. The Kier molecular flexibility index (Phi) is 12.0. The number of carbonyl (C=O) groups is 5. The van der Waals surface area contributed by atoms with Crippen molar-refractivity contribution >= 4 is 29.6 Å². The predicted octanol–water partition coefficient (Wildman–Crippen LogP) is 2.27. The van der Waals surface area contributed by atoms with E-state index < -0.39 is 42.2 Å². The van der Waals surface area contributed by atoms with Gasteiger partial charge in [0, 0.05) is 18.5 Å². The number of benzene rings is 1. The van der Waals surface area contributed by atoms with Crippen molar-refractivity contribution in [3.05, 3.63) is 35.9 Å². The molecule has 1 unspecified atom stereocenters. The third kappa shape index (κ3) is 9.64. The number of rotatable bonds is 10. The lowest BCUT2D eigenvalue weighted by molar-refractivity contribution is -0.192. The number of nitrogens with one attached hydrogen (secondary N) is 1. The number of hydrogen-bond donors (Lipinski definition) is 3. The van der Waals surface area contributed by atoms with E-state index in [1.165, 1.54) is 4.90 Å². The van der Waals surface area contributed by atoms with Gasteiger partial charge in [-0.25, -0.2) is 9.59 Å². The molecule has 1 aromatic rings. The van der Waals surface area contributed by atoms with Crippen molar-refractivity contribution in [1.29, 1.82) is 0 Å². The average Bonchev–Trinajstić information content (AvgIpc) is 3.31. The van der Waals surface area contributed by atoms with E-state index in [2.05, 4.69) is 5.32 Å². The molecular weight excluding hydrogens is 489 g/mol. The number of esters is 1. The second-order valence-corrected chi connectivity index (χ2v) is 7.85. The molecule has 13 heteroatoms. The Hall–Kier alpha value is -3.48. The Morgan fingerprint density at radius 1 is 1.14 bits per heavy atom. The molecular formula is C23H29F3N2O8. The minimum absolute atomic E-state index is 0.105. The fourth-order valence-electron chi connectivity index (χ4n) is 3.46. The summed E-state index contributed by atoms with van der Waals surface area (Å²) in [5, 5.41) is 19.3. The molecule has 200 valence electrons. The maximum Gasteiger partial charge on any atom is 0.490 e. The van der Waals surface area contributed by atoms with Crippen LogP contribution in [0.25, 0.3) is 0 Å². The van der Waals surface area contributed by atoms with Crippen LogP contribution in [0.3, 0.4) is 0 Å². The predicted molar refractivity (Wildman–Crippen MR) is 119 cm³/mol. The van der Waals surface area contributed by atoms with Crippen LogP contribution < -0.4 is 5.32 Å². The molecule has 2 rings (SSSR count). The second kappa shape index (κ2) is 14.2. The molecule has 1 saturated heterocycles. The Bertz CT molecular complexity index is 924. The van der Waals surface area contributed by atoms with Gasteiger partial charge in [-0.05, 0) is 33.1 Å². The van der Waals surface area contributed by atoms with Crippen LogP contribution in [0.5, 0.6) is 0 Å². The lowest BCUT2D eigenvalue weighted by Crippen LogP contribution is -2.53. The van der Waals surface area contributed by atoms with E-state index in [4.69, 9.17) is 14.6 Å². The largest absolute Gasteiger partial charge is 0.490 e. The van der Waals surface area contributed by atoms with E-state index in [1.54, 1.807) is 38.1 Å². The van der Waals surface area contributed by atoms with Gasteiger partial charge in [-0.2, -0.15) is 13.2 Å². The van der Waals surface area contributed by atoms with Crippen LogP contribution in [0.1, 0.15) is 49.9 Å². The van der Waals surface area contributed by atoms with Gasteiger partial charge in [0.1, 0.15) is 12.1 Å². The molecule has 0 spiro atoms. The van der Waals surface area contributed by atoms with Crippen molar-refractivity contribution < 1.29 is 52.1 Å². The van der Waals surface area contributed by atoms with Gasteiger partial charge in [-0.15, -0.1) is 0 Å². The number of Topliss-reactive ketones (excluding diaryl/α,β-unsaturated/α-hetero) is 1. The van der Waals surface area contributed by atoms with Crippen molar-refractivity contribution in [3.8, 4) is 0 Å². The molecule has 0 radical (unpaired) electrons.